The van der Waals surface area contributed by atoms with Crippen LogP contribution in [0.15, 0.2) is 35.6 Å². The Morgan fingerprint density at radius 3 is 2.28 bits per heavy atom. The van der Waals surface area contributed by atoms with Crippen LogP contribution in [0.1, 0.15) is 107 Å². The van der Waals surface area contributed by atoms with Gasteiger partial charge < -0.3 is 73.6 Å². The number of hydrogen-bond acceptors (Lipinski definition) is 18. The van der Waals surface area contributed by atoms with Crippen LogP contribution in [0.3, 0.4) is 0 Å². The Labute approximate surface area is 420 Å². The van der Waals surface area contributed by atoms with Gasteiger partial charge in [-0.05, 0) is 111 Å². The van der Waals surface area contributed by atoms with Gasteiger partial charge in [0.2, 0.25) is 0 Å². The first-order valence-corrected chi connectivity index (χ1v) is 25.4. The monoisotopic (exact) mass is 1010 g/mol. The average molecular weight is 1010 g/mol. The molecule has 0 amide bonds. The molecule has 0 unspecified atom stereocenters. The van der Waals surface area contributed by atoms with Crippen LogP contribution >= 0.6 is 0 Å². The number of aromatic nitrogens is 3. The summed E-state index contributed by atoms with van der Waals surface area (Å²) in [5.41, 5.74) is 5.50. The zero-order valence-electron chi connectivity index (χ0n) is 44.3. The number of hydrogen-bond donors (Lipinski definition) is 6. The third-order valence-corrected chi connectivity index (χ3v) is 15.4. The van der Waals surface area contributed by atoms with Crippen LogP contribution in [0.25, 0.3) is 10.4 Å². The van der Waals surface area contributed by atoms with Crippen molar-refractivity contribution in [2.75, 3.05) is 40.9 Å². The SMILES string of the molecule is CC[C@H]1O[C@@H](O)[C@H](C)[C@@H](O[C@H]2C[C@@](C)(OC)[C@@H](O)[C@H](C)O2)[C@H](C)[C@@H](O[C@@H]2O[C@H](C)C[C@H](N(C)CCc3cn(CCCOc4ccc(N=[N+]=[N-])cc4)nn3)[C@H]2O)[C@](C)(O)C[C@@H](C)CN(C)[C@H](C)[C@@H](O)[C@]1(C)O. The van der Waals surface area contributed by atoms with E-state index in [1.165, 1.54) is 14.0 Å². The molecule has 2 aromatic rings. The van der Waals surface area contributed by atoms with Gasteiger partial charge in [-0.3, -0.25) is 4.68 Å². The largest absolute Gasteiger partial charge is 0.494 e. The maximum atomic E-state index is 12.8. The number of likely N-dealkylation sites (N-methyl/N-ethyl adjacent to an activating group) is 2. The molecule has 6 N–H and O–H groups in total. The fraction of sp³-hybridized carbons (Fsp3) is 0.840. The third kappa shape index (κ3) is 14.8. The van der Waals surface area contributed by atoms with Crippen LogP contribution in [-0.2, 0) is 41.4 Å². The Bertz CT molecular complexity index is 1980. The van der Waals surface area contributed by atoms with Gasteiger partial charge in [0.1, 0.15) is 29.7 Å². The van der Waals surface area contributed by atoms with Crippen molar-refractivity contribution in [3.8, 4) is 5.75 Å². The molecule has 4 heterocycles. The molecule has 1 aromatic carbocycles. The topological polar surface area (TPSA) is 272 Å². The molecule has 0 bridgehead atoms. The molecule has 0 spiro atoms. The summed E-state index contributed by atoms with van der Waals surface area (Å²) in [6, 6.07) is 5.94. The number of aryl methyl sites for hydroxylation is 1. The van der Waals surface area contributed by atoms with Crippen molar-refractivity contribution in [1.82, 2.24) is 24.8 Å². The van der Waals surface area contributed by atoms with E-state index in [0.29, 0.717) is 56.9 Å². The van der Waals surface area contributed by atoms with Gasteiger partial charge >= 0.3 is 0 Å². The Balaban J connectivity index is 1.38. The van der Waals surface area contributed by atoms with Gasteiger partial charge in [0, 0.05) is 86.7 Å². The number of aliphatic hydroxyl groups is 6. The molecule has 21 nitrogen and oxygen atoms in total. The van der Waals surface area contributed by atoms with Crippen molar-refractivity contribution in [2.24, 2.45) is 22.9 Å². The number of methoxy groups -OCH3 is 1. The Morgan fingerprint density at radius 1 is 0.944 bits per heavy atom. The highest BCUT2D eigenvalue weighted by molar-refractivity contribution is 5.40. The van der Waals surface area contributed by atoms with Gasteiger partial charge in [0.25, 0.3) is 0 Å². The zero-order chi connectivity index (χ0) is 52.6. The first kappa shape index (κ1) is 58.8. The number of rotatable bonds is 16. The minimum atomic E-state index is -1.78. The summed E-state index contributed by atoms with van der Waals surface area (Å²) in [5.74, 6) is -1.13. The highest BCUT2D eigenvalue weighted by Gasteiger charge is 2.52. The van der Waals surface area contributed by atoms with E-state index in [-0.39, 0.29) is 31.3 Å². The lowest BCUT2D eigenvalue weighted by atomic mass is 9.77. The lowest BCUT2D eigenvalue weighted by Crippen LogP contribution is -2.61. The quantitative estimate of drug-likeness (QED) is 0.0592. The predicted octanol–water partition coefficient (Wildman–Crippen LogP) is 4.31. The molecule has 0 aliphatic carbocycles. The van der Waals surface area contributed by atoms with Crippen molar-refractivity contribution < 1.29 is 63.8 Å². The number of nitrogens with zero attached hydrogens (tertiary/aromatic N) is 8. The van der Waals surface area contributed by atoms with Crippen molar-refractivity contribution in [1.29, 1.82) is 0 Å². The first-order chi connectivity index (χ1) is 33.3. The lowest BCUT2D eigenvalue weighted by molar-refractivity contribution is -0.326. The van der Waals surface area contributed by atoms with E-state index >= 15 is 0 Å². The number of azide groups is 1. The summed E-state index contributed by atoms with van der Waals surface area (Å²) < 4.78 is 46.2. The van der Waals surface area contributed by atoms with Crippen molar-refractivity contribution in [3.05, 3.63) is 46.6 Å². The van der Waals surface area contributed by atoms with E-state index in [1.807, 2.05) is 59.8 Å². The molecule has 3 fully saturated rings. The van der Waals surface area contributed by atoms with E-state index in [4.69, 9.17) is 38.7 Å². The summed E-state index contributed by atoms with van der Waals surface area (Å²) in [6.45, 7) is 19.9. The second-order valence-corrected chi connectivity index (χ2v) is 21.5. The Morgan fingerprint density at radius 2 is 1.63 bits per heavy atom. The average Bonchev–Trinajstić information content (AvgIpc) is 3.78. The minimum Gasteiger partial charge on any atom is -0.494 e. The first-order valence-electron chi connectivity index (χ1n) is 25.4. The lowest BCUT2D eigenvalue weighted by Gasteiger charge is -2.49. The van der Waals surface area contributed by atoms with Crippen LogP contribution in [-0.4, -0.2) is 193 Å². The van der Waals surface area contributed by atoms with E-state index in [1.54, 1.807) is 56.6 Å². The van der Waals surface area contributed by atoms with Crippen molar-refractivity contribution in [2.45, 2.75) is 211 Å². The fourth-order valence-electron chi connectivity index (χ4n) is 10.9. The molecule has 3 saturated heterocycles. The van der Waals surface area contributed by atoms with E-state index < -0.39 is 102 Å². The van der Waals surface area contributed by atoms with Crippen molar-refractivity contribution in [3.63, 3.8) is 0 Å². The zero-order valence-corrected chi connectivity index (χ0v) is 44.3. The van der Waals surface area contributed by atoms with E-state index in [0.717, 1.165) is 5.69 Å². The number of aliphatic hydroxyl groups excluding tert-OH is 4. The molecular weight excluding hydrogens is 921 g/mol. The predicted molar refractivity (Wildman–Crippen MR) is 263 cm³/mol. The third-order valence-electron chi connectivity index (χ3n) is 15.4. The molecule has 3 aliphatic rings. The van der Waals surface area contributed by atoms with E-state index in [9.17, 15) is 30.6 Å². The molecule has 19 atom stereocenters. The summed E-state index contributed by atoms with van der Waals surface area (Å²) in [7, 11) is 5.31. The van der Waals surface area contributed by atoms with Gasteiger partial charge in [0.15, 0.2) is 18.9 Å². The minimum absolute atomic E-state index is 0.128. The molecule has 5 rings (SSSR count). The summed E-state index contributed by atoms with van der Waals surface area (Å²) in [4.78, 5) is 6.79. The van der Waals surface area contributed by atoms with Crippen molar-refractivity contribution >= 4 is 5.69 Å². The smallest absolute Gasteiger partial charge is 0.185 e. The molecule has 3 aliphatic heterocycles. The molecule has 0 radical (unpaired) electrons. The number of benzene rings is 1. The second-order valence-electron chi connectivity index (χ2n) is 21.5. The van der Waals surface area contributed by atoms with Gasteiger partial charge in [-0.1, -0.05) is 38.0 Å². The molecular formula is C50H86N8O13. The second kappa shape index (κ2) is 25.4. The molecule has 0 saturated carbocycles. The summed E-state index contributed by atoms with van der Waals surface area (Å²) >= 11 is 0. The van der Waals surface area contributed by atoms with Gasteiger partial charge in [-0.2, -0.15) is 0 Å². The summed E-state index contributed by atoms with van der Waals surface area (Å²) in [6.07, 6.45) is -6.95. The van der Waals surface area contributed by atoms with Gasteiger partial charge in [-0.25, -0.2) is 0 Å². The molecule has 71 heavy (non-hydrogen) atoms. The van der Waals surface area contributed by atoms with Crippen LogP contribution in [0.2, 0.25) is 0 Å². The fourth-order valence-corrected chi connectivity index (χ4v) is 10.9. The Kier molecular flexibility index (Phi) is 21.1. The molecule has 1 aromatic heterocycles. The highest BCUT2D eigenvalue weighted by Crippen LogP contribution is 2.41. The molecule has 21 heteroatoms. The van der Waals surface area contributed by atoms with Gasteiger partial charge in [0.05, 0.1) is 54.0 Å². The van der Waals surface area contributed by atoms with Crippen LogP contribution in [0.5, 0.6) is 5.75 Å². The van der Waals surface area contributed by atoms with E-state index in [2.05, 4.69) is 25.2 Å². The maximum Gasteiger partial charge on any atom is 0.185 e. The van der Waals surface area contributed by atoms with Crippen LogP contribution < -0.4 is 4.74 Å². The highest BCUT2D eigenvalue weighted by atomic mass is 16.7. The molecule has 404 valence electrons. The normalized spacial score (nSPS) is 40.4. The van der Waals surface area contributed by atoms with Gasteiger partial charge in [-0.15, -0.1) is 5.10 Å². The summed E-state index contributed by atoms with van der Waals surface area (Å²) in [5, 5.41) is 84.0. The standard InChI is InChI=1S/C50H86N8O13/c1-14-39-50(10,64)43(60)33(6)57(12)27-29(2)25-48(8,63)45(31(4)42(32(5)46(62)69-39)70-40-26-49(9,65-13)44(61)34(7)68-40)71-47-41(59)38(24-30(3)67-47)56(11)22-20-36-28-58(55-53-36)21-15-23-66-37-18-16-35(17-19-37)52-54-51/h16-19,28-34,38-47,59-64H,14-15,20-27H2,1-13H3/t29-,30-,31+,32-,33-,34+,38+,39-,40+,41-,42+,43-,44+,45-,46-,47+,48-,49-,50-/m1/s1. The van der Waals surface area contributed by atoms with Crippen LogP contribution in [0.4, 0.5) is 5.69 Å². The number of ether oxygens (including phenoxy) is 7. The Hall–Kier alpha value is -3.09. The maximum absolute atomic E-state index is 12.8. The van der Waals surface area contributed by atoms with Crippen LogP contribution in [0, 0.1) is 17.8 Å².